The van der Waals surface area contributed by atoms with Crippen molar-refractivity contribution in [3.8, 4) is 0 Å². The van der Waals surface area contributed by atoms with Crippen LogP contribution in [0, 0.1) is 5.92 Å². The molecule has 3 aromatic rings. The second kappa shape index (κ2) is 10.5. The van der Waals surface area contributed by atoms with E-state index in [4.69, 9.17) is 0 Å². The lowest BCUT2D eigenvalue weighted by Gasteiger charge is -2.27. The van der Waals surface area contributed by atoms with E-state index >= 15 is 0 Å². The van der Waals surface area contributed by atoms with Gasteiger partial charge in [0.15, 0.2) is 15.0 Å². The van der Waals surface area contributed by atoms with Gasteiger partial charge in [-0.2, -0.15) is 13.2 Å². The third-order valence-corrected chi connectivity index (χ3v) is 8.72. The molecule has 1 aliphatic rings. The van der Waals surface area contributed by atoms with E-state index in [-0.39, 0.29) is 34.9 Å². The zero-order chi connectivity index (χ0) is 27.0. The van der Waals surface area contributed by atoms with Gasteiger partial charge >= 0.3 is 6.18 Å². The SMILES string of the molecule is CCS(=O)(=O)c1ccc(CC(=O)Nc2nc3c(s2)CN(Cc2cnc(C(F)(F)F)nc2)[C@H]3C(C)C)cc1. The second-order valence-corrected chi connectivity index (χ2v) is 12.5. The summed E-state index contributed by atoms with van der Waals surface area (Å²) in [6, 6.07) is 6.18. The number of sulfone groups is 1. The molecule has 0 saturated carbocycles. The Kier molecular flexibility index (Phi) is 7.67. The summed E-state index contributed by atoms with van der Waals surface area (Å²) < 4.78 is 62.2. The van der Waals surface area contributed by atoms with Crippen LogP contribution in [0.15, 0.2) is 41.6 Å². The number of anilines is 1. The van der Waals surface area contributed by atoms with Gasteiger partial charge in [-0.3, -0.25) is 9.69 Å². The molecule has 37 heavy (non-hydrogen) atoms. The van der Waals surface area contributed by atoms with E-state index in [2.05, 4.69) is 25.2 Å². The maximum Gasteiger partial charge on any atom is 0.451 e. The van der Waals surface area contributed by atoms with Gasteiger partial charge in [-0.05, 0) is 23.6 Å². The normalized spacial score (nSPS) is 16.2. The summed E-state index contributed by atoms with van der Waals surface area (Å²) in [5.41, 5.74) is 2.10. The van der Waals surface area contributed by atoms with E-state index < -0.39 is 21.8 Å². The van der Waals surface area contributed by atoms with Crippen molar-refractivity contribution >= 4 is 32.2 Å². The number of thiazole rings is 1. The van der Waals surface area contributed by atoms with Crippen LogP contribution < -0.4 is 5.32 Å². The van der Waals surface area contributed by atoms with E-state index in [1.54, 1.807) is 19.1 Å². The minimum atomic E-state index is -4.58. The highest BCUT2D eigenvalue weighted by atomic mass is 32.2. The van der Waals surface area contributed by atoms with Crippen molar-refractivity contribution in [1.29, 1.82) is 0 Å². The first-order valence-corrected chi connectivity index (χ1v) is 14.1. The predicted octanol–water partition coefficient (Wildman–Crippen LogP) is 4.64. The van der Waals surface area contributed by atoms with E-state index in [1.807, 2.05) is 13.8 Å². The highest BCUT2D eigenvalue weighted by Gasteiger charge is 2.37. The standard InChI is InChI=1S/C24H26F3N5O3S2/c1-4-37(34,35)17-7-5-15(6-8-17)9-19(33)30-23-31-20-18(36-23)13-32(21(20)14(2)3)12-16-10-28-22(29-11-16)24(25,26)27/h5-8,10-11,14,21H,4,9,12-13H2,1-3H3,(H,30,31,33)/t21-/m0/s1. The predicted molar refractivity (Wildman–Crippen MR) is 132 cm³/mol. The van der Waals surface area contributed by atoms with Crippen molar-refractivity contribution in [2.24, 2.45) is 5.92 Å². The molecule has 2 aromatic heterocycles. The summed E-state index contributed by atoms with van der Waals surface area (Å²) in [6.07, 6.45) is -2.11. The molecular weight excluding hydrogens is 527 g/mol. The number of carbonyl (C=O) groups is 1. The summed E-state index contributed by atoms with van der Waals surface area (Å²) >= 11 is 1.37. The molecule has 0 radical (unpaired) electrons. The Labute approximate surface area is 216 Å². The molecular formula is C24H26F3N5O3S2. The van der Waals surface area contributed by atoms with E-state index in [0.29, 0.717) is 29.3 Å². The highest BCUT2D eigenvalue weighted by molar-refractivity contribution is 7.91. The molecule has 0 unspecified atom stereocenters. The molecule has 0 saturated heterocycles. The molecule has 13 heteroatoms. The number of benzene rings is 1. The van der Waals surface area contributed by atoms with Crippen molar-refractivity contribution in [2.45, 2.75) is 57.4 Å². The first kappa shape index (κ1) is 27.1. The van der Waals surface area contributed by atoms with Crippen molar-refractivity contribution < 1.29 is 26.4 Å². The molecule has 1 aromatic carbocycles. The van der Waals surface area contributed by atoms with Crippen molar-refractivity contribution in [3.63, 3.8) is 0 Å². The molecule has 3 heterocycles. The fraction of sp³-hybridized carbons (Fsp3) is 0.417. The molecule has 1 atom stereocenters. The first-order chi connectivity index (χ1) is 17.4. The van der Waals surface area contributed by atoms with Crippen LogP contribution in [0.3, 0.4) is 0 Å². The largest absolute Gasteiger partial charge is 0.451 e. The Hall–Kier alpha value is -2.90. The first-order valence-electron chi connectivity index (χ1n) is 11.6. The molecule has 0 spiro atoms. The molecule has 0 fully saturated rings. The molecule has 4 rings (SSSR count). The Balaban J connectivity index is 1.41. The monoisotopic (exact) mass is 553 g/mol. The Morgan fingerprint density at radius 2 is 1.81 bits per heavy atom. The van der Waals surface area contributed by atoms with E-state index in [9.17, 15) is 26.4 Å². The number of hydrogen-bond acceptors (Lipinski definition) is 8. The van der Waals surface area contributed by atoms with Crippen LogP contribution in [0.4, 0.5) is 18.3 Å². The molecule has 1 amide bonds. The van der Waals surface area contributed by atoms with Crippen LogP contribution in [-0.2, 0) is 40.3 Å². The van der Waals surface area contributed by atoms with Gasteiger partial charge in [0.05, 0.1) is 28.8 Å². The van der Waals surface area contributed by atoms with Crippen LogP contribution in [0.1, 0.15) is 54.3 Å². The molecule has 1 N–H and O–H groups in total. The summed E-state index contributed by atoms with van der Waals surface area (Å²) in [4.78, 5) is 27.5. The van der Waals surface area contributed by atoms with Gasteiger partial charge in [0.2, 0.25) is 11.7 Å². The van der Waals surface area contributed by atoms with Crippen molar-refractivity contribution in [2.75, 3.05) is 11.1 Å². The van der Waals surface area contributed by atoms with Gasteiger partial charge in [0.25, 0.3) is 0 Å². The minimum Gasteiger partial charge on any atom is -0.302 e. The van der Waals surface area contributed by atoms with E-state index in [0.717, 1.165) is 10.6 Å². The number of amides is 1. The third kappa shape index (κ3) is 6.16. The summed E-state index contributed by atoms with van der Waals surface area (Å²) in [5.74, 6) is -1.26. The van der Waals surface area contributed by atoms with Crippen LogP contribution in [0.25, 0.3) is 0 Å². The fourth-order valence-electron chi connectivity index (χ4n) is 4.26. The average molecular weight is 554 g/mol. The van der Waals surface area contributed by atoms with Gasteiger partial charge < -0.3 is 5.32 Å². The summed E-state index contributed by atoms with van der Waals surface area (Å²) in [7, 11) is -3.30. The number of carbonyl (C=O) groups excluding carboxylic acids is 1. The number of halogens is 3. The van der Waals surface area contributed by atoms with Crippen LogP contribution in [0.5, 0.6) is 0 Å². The topological polar surface area (TPSA) is 105 Å². The number of aromatic nitrogens is 3. The zero-order valence-corrected chi connectivity index (χ0v) is 22.0. The van der Waals surface area contributed by atoms with Crippen LogP contribution >= 0.6 is 11.3 Å². The molecule has 1 aliphatic heterocycles. The Morgan fingerprint density at radius 3 is 2.38 bits per heavy atom. The summed E-state index contributed by atoms with van der Waals surface area (Å²) in [6.45, 7) is 6.57. The van der Waals surface area contributed by atoms with E-state index in [1.165, 1.54) is 35.9 Å². The second-order valence-electron chi connectivity index (χ2n) is 9.11. The number of hydrogen-bond donors (Lipinski definition) is 1. The number of alkyl halides is 3. The lowest BCUT2D eigenvalue weighted by Crippen LogP contribution is -2.26. The molecule has 0 aliphatic carbocycles. The van der Waals surface area contributed by atoms with Crippen molar-refractivity contribution in [3.05, 3.63) is 64.2 Å². The van der Waals surface area contributed by atoms with Gasteiger partial charge in [0, 0.05) is 35.9 Å². The van der Waals surface area contributed by atoms with Gasteiger partial charge in [0.1, 0.15) is 0 Å². The number of nitrogens with one attached hydrogen (secondary N) is 1. The van der Waals surface area contributed by atoms with Crippen LogP contribution in [0.2, 0.25) is 0 Å². The zero-order valence-electron chi connectivity index (χ0n) is 20.4. The number of nitrogens with zero attached hydrogens (tertiary/aromatic N) is 4. The Morgan fingerprint density at radius 1 is 1.16 bits per heavy atom. The van der Waals surface area contributed by atoms with Crippen molar-refractivity contribution in [1.82, 2.24) is 19.9 Å². The fourth-order valence-corrected chi connectivity index (χ4v) is 6.18. The highest BCUT2D eigenvalue weighted by Crippen LogP contribution is 2.43. The summed E-state index contributed by atoms with van der Waals surface area (Å²) in [5, 5.41) is 3.30. The number of fused-ring (bicyclic) bond motifs is 1. The van der Waals surface area contributed by atoms with Gasteiger partial charge in [-0.1, -0.05) is 32.9 Å². The Bertz CT molecular complexity index is 1370. The molecule has 8 nitrogen and oxygen atoms in total. The smallest absolute Gasteiger partial charge is 0.302 e. The lowest BCUT2D eigenvalue weighted by atomic mass is 10.0. The van der Waals surface area contributed by atoms with Crippen LogP contribution in [-0.4, -0.2) is 39.9 Å². The average Bonchev–Trinajstić information content (AvgIpc) is 3.35. The lowest BCUT2D eigenvalue weighted by molar-refractivity contribution is -0.145. The van der Waals surface area contributed by atoms with Gasteiger partial charge in [-0.15, -0.1) is 11.3 Å². The number of rotatable bonds is 8. The van der Waals surface area contributed by atoms with Gasteiger partial charge in [-0.25, -0.2) is 23.4 Å². The quantitative estimate of drug-likeness (QED) is 0.433. The molecule has 0 bridgehead atoms. The maximum atomic E-state index is 12.8. The third-order valence-electron chi connectivity index (χ3n) is 6.00. The molecule has 198 valence electrons. The minimum absolute atomic E-state index is 0.00840. The maximum absolute atomic E-state index is 12.8.